The standard InChI is InChI=1S/C13H15ClFN5O2.C12H15ClFN5.C8H7ClFN5/c1-13(2,3)22-12(21)16-6-8-4-7(5-9(14)10(8)15)11-17-19-20-18-11;1-12(2,3)19-11(16-17-18-19)7-4-8(6-15)10(14)9(13)5-7;9-6-2-4(8-12-14-15-13-8)1-5(3-11)7(6)10/h4-5H,6H2,1-3H3,(H,16,21)(H,17,18,19,20);4-5H,6,15H2,1-3H3;1-2H,3,11H2,(H,12,13,14,15). The number of alkyl carbamates (subject to hydrolysis) is 1. The van der Waals surface area contributed by atoms with Gasteiger partial charge < -0.3 is 21.5 Å². The lowest BCUT2D eigenvalue weighted by atomic mass is 10.1. The van der Waals surface area contributed by atoms with Crippen LogP contribution in [-0.4, -0.2) is 73.1 Å². The van der Waals surface area contributed by atoms with Crippen LogP contribution in [0.25, 0.3) is 34.2 Å². The first kappa shape index (κ1) is 43.4. The summed E-state index contributed by atoms with van der Waals surface area (Å²) in [5.41, 5.74) is 12.5. The maximum atomic E-state index is 14.0. The van der Waals surface area contributed by atoms with Crippen molar-refractivity contribution in [2.45, 2.75) is 72.3 Å². The third-order valence-electron chi connectivity index (χ3n) is 7.14. The number of tetrazole rings is 3. The third-order valence-corrected chi connectivity index (χ3v) is 7.97. The van der Waals surface area contributed by atoms with Gasteiger partial charge in [0.2, 0.25) is 11.6 Å². The molecule has 0 bridgehead atoms. The minimum atomic E-state index is -0.645. The van der Waals surface area contributed by atoms with E-state index in [0.717, 1.165) is 0 Å². The fourth-order valence-electron chi connectivity index (χ4n) is 4.62. The number of rotatable bonds is 7. The van der Waals surface area contributed by atoms with Crippen LogP contribution in [0, 0.1) is 17.5 Å². The molecule has 1 amide bonds. The molecule has 23 heteroatoms. The lowest BCUT2D eigenvalue weighted by molar-refractivity contribution is 0.0523. The molecule has 3 heterocycles. The number of halogens is 6. The largest absolute Gasteiger partial charge is 0.444 e. The molecule has 0 saturated heterocycles. The quantitative estimate of drug-likeness (QED) is 0.121. The van der Waals surface area contributed by atoms with Crippen LogP contribution in [0.2, 0.25) is 15.1 Å². The molecular formula is C33H37Cl3F3N15O2. The smallest absolute Gasteiger partial charge is 0.407 e. The predicted octanol–water partition coefficient (Wildman–Crippen LogP) is 6.15. The van der Waals surface area contributed by atoms with E-state index in [9.17, 15) is 18.0 Å². The van der Waals surface area contributed by atoms with E-state index in [1.807, 2.05) is 20.8 Å². The summed E-state index contributed by atoms with van der Waals surface area (Å²) in [6, 6.07) is 8.98. The highest BCUT2D eigenvalue weighted by molar-refractivity contribution is 6.31. The van der Waals surface area contributed by atoms with E-state index in [2.05, 4.69) is 62.1 Å². The Bertz CT molecular complexity index is 2240. The Morgan fingerprint density at radius 1 is 0.732 bits per heavy atom. The summed E-state index contributed by atoms with van der Waals surface area (Å²) in [6.07, 6.45) is -0.645. The number of aromatic amines is 2. The molecule has 0 aliphatic carbocycles. The Hall–Kier alpha value is -5.28. The van der Waals surface area contributed by atoms with Gasteiger partial charge in [0, 0.05) is 53.0 Å². The summed E-state index contributed by atoms with van der Waals surface area (Å²) < 4.78 is 47.8. The number of hydrogen-bond acceptors (Lipinski definition) is 13. The predicted molar refractivity (Wildman–Crippen MR) is 201 cm³/mol. The molecule has 56 heavy (non-hydrogen) atoms. The van der Waals surface area contributed by atoms with Crippen molar-refractivity contribution in [1.82, 2.24) is 66.8 Å². The highest BCUT2D eigenvalue weighted by atomic mass is 35.5. The van der Waals surface area contributed by atoms with E-state index in [4.69, 9.17) is 51.0 Å². The first-order valence-corrected chi connectivity index (χ1v) is 17.5. The van der Waals surface area contributed by atoms with Gasteiger partial charge in [-0.3, -0.25) is 0 Å². The minimum Gasteiger partial charge on any atom is -0.444 e. The van der Waals surface area contributed by atoms with Crippen LogP contribution in [0.1, 0.15) is 58.2 Å². The molecule has 7 N–H and O–H groups in total. The van der Waals surface area contributed by atoms with Crippen molar-refractivity contribution < 1.29 is 22.7 Å². The molecule has 6 rings (SSSR count). The van der Waals surface area contributed by atoms with Gasteiger partial charge in [-0.15, -0.1) is 25.5 Å². The van der Waals surface area contributed by atoms with Gasteiger partial charge in [0.05, 0.1) is 20.6 Å². The van der Waals surface area contributed by atoms with Crippen molar-refractivity contribution in [2.75, 3.05) is 0 Å². The van der Waals surface area contributed by atoms with Crippen LogP contribution in [0.3, 0.4) is 0 Å². The molecule has 0 aliphatic heterocycles. The number of H-pyrrole nitrogens is 2. The Kier molecular flexibility index (Phi) is 14.4. The van der Waals surface area contributed by atoms with E-state index in [-0.39, 0.29) is 51.6 Å². The summed E-state index contributed by atoms with van der Waals surface area (Å²) in [5, 5.41) is 40.6. The molecule has 17 nitrogen and oxygen atoms in total. The number of nitrogens with zero attached hydrogens (tertiary/aromatic N) is 10. The number of nitrogens with two attached hydrogens (primary N) is 2. The van der Waals surface area contributed by atoms with Crippen LogP contribution in [-0.2, 0) is 29.9 Å². The molecule has 0 spiro atoms. The Morgan fingerprint density at radius 3 is 1.61 bits per heavy atom. The van der Waals surface area contributed by atoms with Gasteiger partial charge >= 0.3 is 6.09 Å². The molecule has 3 aromatic heterocycles. The molecule has 0 radical (unpaired) electrons. The van der Waals surface area contributed by atoms with E-state index in [1.165, 1.54) is 24.3 Å². The van der Waals surface area contributed by atoms with Gasteiger partial charge in [-0.05, 0) is 98.8 Å². The topological polar surface area (TPSA) is 243 Å². The van der Waals surface area contributed by atoms with Gasteiger partial charge in [-0.25, -0.2) is 22.6 Å². The fraction of sp³-hybridized carbons (Fsp3) is 0.333. The first-order chi connectivity index (χ1) is 26.3. The number of aromatic nitrogens is 12. The average Bonchev–Trinajstić information content (AvgIpc) is 3.95. The fourth-order valence-corrected chi connectivity index (χ4v) is 5.34. The molecule has 0 saturated carbocycles. The number of carbonyl (C=O) groups is 1. The summed E-state index contributed by atoms with van der Waals surface area (Å²) in [5.74, 6) is -0.463. The molecule has 6 aromatic rings. The zero-order valence-corrected chi connectivity index (χ0v) is 33.1. The van der Waals surface area contributed by atoms with Gasteiger partial charge in [-0.1, -0.05) is 34.8 Å². The number of benzene rings is 3. The van der Waals surface area contributed by atoms with Crippen molar-refractivity contribution in [3.05, 3.63) is 85.6 Å². The third kappa shape index (κ3) is 11.4. The lowest BCUT2D eigenvalue weighted by Gasteiger charge is -2.20. The monoisotopic (exact) mass is 837 g/mol. The average molecular weight is 839 g/mol. The minimum absolute atomic E-state index is 0.00208. The lowest BCUT2D eigenvalue weighted by Crippen LogP contribution is -2.32. The SMILES string of the molecule is CC(C)(C)OC(=O)NCc1cc(-c2nn[nH]n2)cc(Cl)c1F.CC(C)(C)n1nnnc1-c1cc(Cl)c(F)c(CN)c1.NCc1cc(-c2nn[nH]n2)cc(Cl)c1F. The summed E-state index contributed by atoms with van der Waals surface area (Å²) in [6.45, 7) is 11.2. The highest BCUT2D eigenvalue weighted by Crippen LogP contribution is 2.29. The first-order valence-electron chi connectivity index (χ1n) is 16.4. The number of nitrogens with one attached hydrogen (secondary N) is 3. The maximum Gasteiger partial charge on any atom is 0.407 e. The molecule has 298 valence electrons. The maximum absolute atomic E-state index is 14.0. The van der Waals surface area contributed by atoms with Crippen LogP contribution in [0.15, 0.2) is 36.4 Å². The number of carbonyl (C=O) groups excluding carboxylic acids is 1. The molecule has 0 aliphatic rings. The summed E-state index contributed by atoms with van der Waals surface area (Å²) >= 11 is 17.4. The van der Waals surface area contributed by atoms with Crippen molar-refractivity contribution in [1.29, 1.82) is 0 Å². The van der Waals surface area contributed by atoms with E-state index >= 15 is 0 Å². The number of ether oxygens (including phenoxy) is 1. The van der Waals surface area contributed by atoms with Crippen molar-refractivity contribution >= 4 is 40.9 Å². The Labute approximate surface area is 333 Å². The zero-order chi connectivity index (χ0) is 41.4. The summed E-state index contributed by atoms with van der Waals surface area (Å²) in [4.78, 5) is 11.6. The number of hydrogen-bond donors (Lipinski definition) is 5. The van der Waals surface area contributed by atoms with Crippen molar-refractivity contribution in [2.24, 2.45) is 11.5 Å². The van der Waals surface area contributed by atoms with Crippen LogP contribution < -0.4 is 16.8 Å². The van der Waals surface area contributed by atoms with E-state index < -0.39 is 29.1 Å². The molecule has 0 fully saturated rings. The van der Waals surface area contributed by atoms with E-state index in [0.29, 0.717) is 39.5 Å². The molecule has 0 unspecified atom stereocenters. The summed E-state index contributed by atoms with van der Waals surface area (Å²) in [7, 11) is 0. The molecule has 3 aromatic carbocycles. The van der Waals surface area contributed by atoms with Crippen molar-refractivity contribution in [3.63, 3.8) is 0 Å². The highest BCUT2D eigenvalue weighted by Gasteiger charge is 2.22. The Morgan fingerprint density at radius 2 is 1.18 bits per heavy atom. The van der Waals surface area contributed by atoms with Gasteiger partial charge in [0.25, 0.3) is 0 Å². The van der Waals surface area contributed by atoms with Crippen LogP contribution >= 0.6 is 34.8 Å². The molecular weight excluding hydrogens is 802 g/mol. The molecule has 0 atom stereocenters. The van der Waals surface area contributed by atoms with E-state index in [1.54, 1.807) is 37.6 Å². The Balaban J connectivity index is 0.000000190. The second-order valence-corrected chi connectivity index (χ2v) is 14.8. The van der Waals surface area contributed by atoms with Gasteiger partial charge in [-0.2, -0.15) is 10.4 Å². The second-order valence-electron chi connectivity index (χ2n) is 13.6. The van der Waals surface area contributed by atoms with Gasteiger partial charge in [0.15, 0.2) is 5.82 Å². The van der Waals surface area contributed by atoms with Crippen LogP contribution in [0.4, 0.5) is 18.0 Å². The normalized spacial score (nSPS) is 11.3. The number of amides is 1. The van der Waals surface area contributed by atoms with Crippen molar-refractivity contribution in [3.8, 4) is 34.2 Å². The van der Waals surface area contributed by atoms with Gasteiger partial charge in [0.1, 0.15) is 23.1 Å². The zero-order valence-electron chi connectivity index (χ0n) is 30.8. The van der Waals surface area contributed by atoms with Crippen LogP contribution in [0.5, 0.6) is 0 Å². The second kappa shape index (κ2) is 18.6.